The molecule has 1 atom stereocenters. The SMILES string of the molecule is CC(=O)C(F)(F)CC1CCCOC1. The largest absolute Gasteiger partial charge is 0.381 e. The van der Waals surface area contributed by atoms with Crippen LogP contribution in [0.2, 0.25) is 0 Å². The van der Waals surface area contributed by atoms with E-state index in [0.717, 1.165) is 19.8 Å². The molecule has 0 bridgehead atoms. The van der Waals surface area contributed by atoms with Gasteiger partial charge < -0.3 is 4.74 Å². The molecule has 1 saturated heterocycles. The second-order valence-electron chi connectivity index (χ2n) is 3.55. The average molecular weight is 192 g/mol. The maximum absolute atomic E-state index is 12.9. The molecule has 1 aliphatic heterocycles. The standard InChI is InChI=1S/C9H14F2O2/c1-7(12)9(10,11)5-8-3-2-4-13-6-8/h8H,2-6H2,1H3. The lowest BCUT2D eigenvalue weighted by Gasteiger charge is -2.25. The van der Waals surface area contributed by atoms with Crippen LogP contribution in [0.1, 0.15) is 26.2 Å². The molecule has 0 aliphatic carbocycles. The summed E-state index contributed by atoms with van der Waals surface area (Å²) in [6, 6.07) is 0. The minimum absolute atomic E-state index is 0.160. The number of alkyl halides is 2. The summed E-state index contributed by atoms with van der Waals surface area (Å²) in [7, 11) is 0. The molecule has 76 valence electrons. The summed E-state index contributed by atoms with van der Waals surface area (Å²) in [6.07, 6.45) is 1.20. The van der Waals surface area contributed by atoms with Gasteiger partial charge in [0.1, 0.15) is 0 Å². The molecule has 0 aromatic carbocycles. The van der Waals surface area contributed by atoms with Crippen molar-refractivity contribution in [3.05, 3.63) is 0 Å². The van der Waals surface area contributed by atoms with Crippen molar-refractivity contribution in [3.8, 4) is 0 Å². The molecule has 0 aromatic rings. The van der Waals surface area contributed by atoms with Crippen LogP contribution in [0.15, 0.2) is 0 Å². The summed E-state index contributed by atoms with van der Waals surface area (Å²) >= 11 is 0. The molecule has 0 saturated carbocycles. The summed E-state index contributed by atoms with van der Waals surface area (Å²) in [4.78, 5) is 10.5. The topological polar surface area (TPSA) is 26.3 Å². The molecule has 1 fully saturated rings. The Labute approximate surface area is 76.3 Å². The average Bonchev–Trinajstić information content (AvgIpc) is 2.05. The predicted octanol–water partition coefficient (Wildman–Crippen LogP) is 2.03. The fraction of sp³-hybridized carbons (Fsp3) is 0.889. The fourth-order valence-corrected chi connectivity index (χ4v) is 1.47. The number of ether oxygens (including phenoxy) is 1. The van der Waals surface area contributed by atoms with Crippen molar-refractivity contribution < 1.29 is 18.3 Å². The smallest absolute Gasteiger partial charge is 0.305 e. The first-order valence-corrected chi connectivity index (χ1v) is 4.49. The van der Waals surface area contributed by atoms with Crippen LogP contribution >= 0.6 is 0 Å². The van der Waals surface area contributed by atoms with E-state index in [2.05, 4.69) is 0 Å². The number of rotatable bonds is 3. The maximum Gasteiger partial charge on any atom is 0.305 e. The molecule has 1 rings (SSSR count). The number of hydrogen-bond acceptors (Lipinski definition) is 2. The van der Waals surface area contributed by atoms with E-state index >= 15 is 0 Å². The molecule has 0 radical (unpaired) electrons. The molecular formula is C9H14F2O2. The van der Waals surface area contributed by atoms with Crippen molar-refractivity contribution in [2.45, 2.75) is 32.1 Å². The molecule has 0 amide bonds. The Morgan fingerprint density at radius 2 is 2.31 bits per heavy atom. The van der Waals surface area contributed by atoms with Gasteiger partial charge in [-0.1, -0.05) is 0 Å². The van der Waals surface area contributed by atoms with E-state index in [9.17, 15) is 13.6 Å². The number of hydrogen-bond donors (Lipinski definition) is 0. The van der Waals surface area contributed by atoms with Crippen LogP contribution < -0.4 is 0 Å². The zero-order valence-electron chi connectivity index (χ0n) is 7.69. The van der Waals surface area contributed by atoms with Crippen molar-refractivity contribution in [2.24, 2.45) is 5.92 Å². The van der Waals surface area contributed by atoms with E-state index in [0.29, 0.717) is 13.2 Å². The van der Waals surface area contributed by atoms with Crippen LogP contribution in [0.25, 0.3) is 0 Å². The van der Waals surface area contributed by atoms with Gasteiger partial charge in [0, 0.05) is 26.6 Å². The van der Waals surface area contributed by atoms with E-state index in [-0.39, 0.29) is 12.3 Å². The van der Waals surface area contributed by atoms with Crippen molar-refractivity contribution in [2.75, 3.05) is 13.2 Å². The number of halogens is 2. The van der Waals surface area contributed by atoms with E-state index in [1.165, 1.54) is 0 Å². The predicted molar refractivity (Wildman–Crippen MR) is 43.8 cm³/mol. The van der Waals surface area contributed by atoms with E-state index < -0.39 is 11.7 Å². The Kier molecular flexibility index (Phi) is 3.36. The molecule has 0 aromatic heterocycles. The van der Waals surface area contributed by atoms with Gasteiger partial charge in [-0.05, 0) is 18.8 Å². The number of carbonyl (C=O) groups is 1. The van der Waals surface area contributed by atoms with Crippen molar-refractivity contribution >= 4 is 5.78 Å². The molecule has 1 aliphatic rings. The number of carbonyl (C=O) groups excluding carboxylic acids is 1. The van der Waals surface area contributed by atoms with Crippen LogP contribution in [0.4, 0.5) is 8.78 Å². The van der Waals surface area contributed by atoms with E-state index in [1.807, 2.05) is 0 Å². The third kappa shape index (κ3) is 3.03. The lowest BCUT2D eigenvalue weighted by molar-refractivity contribution is -0.144. The highest BCUT2D eigenvalue weighted by Gasteiger charge is 2.38. The highest BCUT2D eigenvalue weighted by molar-refractivity contribution is 5.82. The maximum atomic E-state index is 12.9. The van der Waals surface area contributed by atoms with Gasteiger partial charge in [-0.3, -0.25) is 4.79 Å². The normalized spacial score (nSPS) is 24.4. The van der Waals surface area contributed by atoms with Gasteiger partial charge in [0.2, 0.25) is 0 Å². The first kappa shape index (κ1) is 10.6. The molecule has 4 heteroatoms. The Hall–Kier alpha value is -0.510. The Morgan fingerprint density at radius 3 is 2.77 bits per heavy atom. The Balaban J connectivity index is 2.41. The van der Waals surface area contributed by atoms with Gasteiger partial charge in [0.05, 0.1) is 0 Å². The van der Waals surface area contributed by atoms with Crippen LogP contribution in [0.5, 0.6) is 0 Å². The second-order valence-corrected chi connectivity index (χ2v) is 3.55. The first-order valence-electron chi connectivity index (χ1n) is 4.49. The fourth-order valence-electron chi connectivity index (χ4n) is 1.47. The van der Waals surface area contributed by atoms with Crippen LogP contribution in [0.3, 0.4) is 0 Å². The molecular weight excluding hydrogens is 178 g/mol. The Bertz CT molecular complexity index is 186. The van der Waals surface area contributed by atoms with Gasteiger partial charge in [-0.2, -0.15) is 8.78 Å². The van der Waals surface area contributed by atoms with Gasteiger partial charge in [-0.25, -0.2) is 0 Å². The number of Topliss-reactive ketones (excluding diaryl/α,β-unsaturated/α-hetero) is 1. The summed E-state index contributed by atoms with van der Waals surface area (Å²) in [5.74, 6) is -4.36. The van der Waals surface area contributed by atoms with Gasteiger partial charge >= 0.3 is 5.92 Å². The lowest BCUT2D eigenvalue weighted by atomic mass is 9.94. The second kappa shape index (κ2) is 4.13. The van der Waals surface area contributed by atoms with Crippen LogP contribution in [-0.4, -0.2) is 24.9 Å². The molecule has 1 heterocycles. The Morgan fingerprint density at radius 1 is 1.62 bits per heavy atom. The van der Waals surface area contributed by atoms with E-state index in [1.54, 1.807) is 0 Å². The molecule has 2 nitrogen and oxygen atoms in total. The minimum Gasteiger partial charge on any atom is -0.381 e. The zero-order valence-corrected chi connectivity index (χ0v) is 7.69. The van der Waals surface area contributed by atoms with Gasteiger partial charge in [0.15, 0.2) is 5.78 Å². The van der Waals surface area contributed by atoms with Gasteiger partial charge in [-0.15, -0.1) is 0 Å². The third-order valence-electron chi connectivity index (χ3n) is 2.31. The third-order valence-corrected chi connectivity index (χ3v) is 2.31. The summed E-state index contributed by atoms with van der Waals surface area (Å²) in [5.41, 5.74) is 0. The van der Waals surface area contributed by atoms with Crippen LogP contribution in [-0.2, 0) is 9.53 Å². The first-order chi connectivity index (χ1) is 6.02. The van der Waals surface area contributed by atoms with Crippen molar-refractivity contribution in [3.63, 3.8) is 0 Å². The zero-order chi connectivity index (χ0) is 9.90. The molecule has 13 heavy (non-hydrogen) atoms. The van der Waals surface area contributed by atoms with Gasteiger partial charge in [0.25, 0.3) is 0 Å². The quantitative estimate of drug-likeness (QED) is 0.683. The summed E-state index contributed by atoms with van der Waals surface area (Å²) in [5, 5.41) is 0. The highest BCUT2D eigenvalue weighted by atomic mass is 19.3. The van der Waals surface area contributed by atoms with Crippen molar-refractivity contribution in [1.82, 2.24) is 0 Å². The molecule has 0 N–H and O–H groups in total. The number of ketones is 1. The minimum atomic E-state index is -3.16. The summed E-state index contributed by atoms with van der Waals surface area (Å²) in [6.45, 7) is 1.95. The molecule has 0 spiro atoms. The highest BCUT2D eigenvalue weighted by Crippen LogP contribution is 2.28. The van der Waals surface area contributed by atoms with Crippen molar-refractivity contribution in [1.29, 1.82) is 0 Å². The van der Waals surface area contributed by atoms with Crippen LogP contribution in [0, 0.1) is 5.92 Å². The lowest BCUT2D eigenvalue weighted by Crippen LogP contribution is -2.32. The molecule has 1 unspecified atom stereocenters. The van der Waals surface area contributed by atoms with E-state index in [4.69, 9.17) is 4.74 Å². The summed E-state index contributed by atoms with van der Waals surface area (Å²) < 4.78 is 30.9. The monoisotopic (exact) mass is 192 g/mol.